The molecule has 0 radical (unpaired) electrons. The van der Waals surface area contributed by atoms with Gasteiger partial charge in [0.1, 0.15) is 5.75 Å². The van der Waals surface area contributed by atoms with Gasteiger partial charge in [0.2, 0.25) is 0 Å². The normalized spacial score (nSPS) is 14.1. The summed E-state index contributed by atoms with van der Waals surface area (Å²) in [5.41, 5.74) is 5.15. The Morgan fingerprint density at radius 2 is 2.16 bits per heavy atom. The standard InChI is InChI=1S/C16H19NO2/c1-3-19-14-5-4-12-8-13-6-7-17(10-11(2)18)16(13)15(12)9-14/h4-7,9,11,18H,3,8,10H2,1-2H3/t11-/m0/s1. The third kappa shape index (κ3) is 2.15. The summed E-state index contributed by atoms with van der Waals surface area (Å²) in [6.07, 6.45) is 2.70. The molecule has 3 rings (SSSR count). The molecule has 3 heteroatoms. The Hall–Kier alpha value is -1.74. The molecule has 1 aliphatic carbocycles. The van der Waals surface area contributed by atoms with Crippen LogP contribution in [0.5, 0.6) is 5.75 Å². The Labute approximate surface area is 113 Å². The SMILES string of the molecule is CCOc1ccc2c(c1)-c1c(ccn1C[C@H](C)O)C2. The van der Waals surface area contributed by atoms with Crippen LogP contribution < -0.4 is 4.74 Å². The number of hydrogen-bond acceptors (Lipinski definition) is 2. The highest BCUT2D eigenvalue weighted by atomic mass is 16.5. The number of ether oxygens (including phenoxy) is 1. The lowest BCUT2D eigenvalue weighted by Crippen LogP contribution is -2.11. The van der Waals surface area contributed by atoms with Gasteiger partial charge < -0.3 is 14.4 Å². The summed E-state index contributed by atoms with van der Waals surface area (Å²) in [6.45, 7) is 5.13. The van der Waals surface area contributed by atoms with Gasteiger partial charge in [0, 0.05) is 24.7 Å². The third-order valence-electron chi connectivity index (χ3n) is 3.54. The first-order valence-corrected chi connectivity index (χ1v) is 6.81. The van der Waals surface area contributed by atoms with Gasteiger partial charge in [-0.25, -0.2) is 0 Å². The van der Waals surface area contributed by atoms with E-state index in [0.717, 1.165) is 12.2 Å². The van der Waals surface area contributed by atoms with Gasteiger partial charge in [-0.05, 0) is 43.2 Å². The molecule has 0 saturated carbocycles. The minimum atomic E-state index is -0.337. The number of benzene rings is 1. The Morgan fingerprint density at radius 1 is 1.32 bits per heavy atom. The number of aliphatic hydroxyl groups excluding tert-OH is 1. The molecule has 100 valence electrons. The fourth-order valence-electron chi connectivity index (χ4n) is 2.82. The largest absolute Gasteiger partial charge is 0.494 e. The second-order valence-corrected chi connectivity index (χ2v) is 5.12. The van der Waals surface area contributed by atoms with E-state index in [0.29, 0.717) is 13.2 Å². The van der Waals surface area contributed by atoms with E-state index in [1.54, 1.807) is 0 Å². The summed E-state index contributed by atoms with van der Waals surface area (Å²) in [6, 6.07) is 8.45. The fourth-order valence-corrected chi connectivity index (χ4v) is 2.82. The Morgan fingerprint density at radius 3 is 2.89 bits per heavy atom. The number of hydrogen-bond donors (Lipinski definition) is 1. The van der Waals surface area contributed by atoms with Gasteiger partial charge in [-0.1, -0.05) is 6.07 Å². The van der Waals surface area contributed by atoms with Crippen molar-refractivity contribution < 1.29 is 9.84 Å². The van der Waals surface area contributed by atoms with E-state index >= 15 is 0 Å². The van der Waals surface area contributed by atoms with E-state index in [9.17, 15) is 5.11 Å². The van der Waals surface area contributed by atoms with E-state index in [2.05, 4.69) is 29.0 Å². The van der Waals surface area contributed by atoms with Crippen molar-refractivity contribution in [1.82, 2.24) is 4.57 Å². The first kappa shape index (κ1) is 12.3. The molecular weight excluding hydrogens is 238 g/mol. The molecule has 0 bridgehead atoms. The lowest BCUT2D eigenvalue weighted by molar-refractivity contribution is 0.174. The van der Waals surface area contributed by atoms with E-state index in [4.69, 9.17) is 4.74 Å². The maximum absolute atomic E-state index is 9.60. The second-order valence-electron chi connectivity index (χ2n) is 5.12. The van der Waals surface area contributed by atoms with Crippen LogP contribution in [0.4, 0.5) is 0 Å². The van der Waals surface area contributed by atoms with Crippen molar-refractivity contribution in [2.75, 3.05) is 6.61 Å². The summed E-state index contributed by atoms with van der Waals surface area (Å²) in [5.74, 6) is 0.916. The monoisotopic (exact) mass is 257 g/mol. The average Bonchev–Trinajstić information content (AvgIpc) is 2.89. The molecular formula is C16H19NO2. The molecule has 0 unspecified atom stereocenters. The zero-order chi connectivity index (χ0) is 13.4. The van der Waals surface area contributed by atoms with E-state index in [1.165, 1.54) is 22.4 Å². The van der Waals surface area contributed by atoms with Gasteiger partial charge >= 0.3 is 0 Å². The predicted octanol–water partition coefficient (Wildman–Crippen LogP) is 2.84. The van der Waals surface area contributed by atoms with Crippen molar-refractivity contribution >= 4 is 0 Å². The fraction of sp³-hybridized carbons (Fsp3) is 0.375. The highest BCUT2D eigenvalue weighted by molar-refractivity contribution is 5.75. The lowest BCUT2D eigenvalue weighted by atomic mass is 10.1. The molecule has 0 fully saturated rings. The number of aromatic nitrogens is 1. The maximum atomic E-state index is 9.60. The van der Waals surface area contributed by atoms with E-state index < -0.39 is 0 Å². The molecule has 1 aromatic heterocycles. The smallest absolute Gasteiger partial charge is 0.119 e. The van der Waals surface area contributed by atoms with E-state index in [1.807, 2.05) is 19.9 Å². The summed E-state index contributed by atoms with van der Waals surface area (Å²) in [4.78, 5) is 0. The molecule has 1 heterocycles. The number of rotatable bonds is 4. The predicted molar refractivity (Wildman–Crippen MR) is 75.5 cm³/mol. The second kappa shape index (κ2) is 4.74. The molecule has 2 aromatic rings. The molecule has 1 aromatic carbocycles. The summed E-state index contributed by atoms with van der Waals surface area (Å²) in [7, 11) is 0. The molecule has 3 nitrogen and oxygen atoms in total. The van der Waals surface area contributed by atoms with Gasteiger partial charge in [-0.3, -0.25) is 0 Å². The quantitative estimate of drug-likeness (QED) is 0.780. The summed E-state index contributed by atoms with van der Waals surface area (Å²) < 4.78 is 7.73. The average molecular weight is 257 g/mol. The zero-order valence-electron chi connectivity index (χ0n) is 11.4. The lowest BCUT2D eigenvalue weighted by Gasteiger charge is -2.12. The topological polar surface area (TPSA) is 34.4 Å². The summed E-state index contributed by atoms with van der Waals surface area (Å²) in [5, 5.41) is 9.60. The van der Waals surface area contributed by atoms with Crippen LogP contribution in [0, 0.1) is 0 Å². The Balaban J connectivity index is 2.03. The zero-order valence-corrected chi connectivity index (χ0v) is 11.4. The van der Waals surface area contributed by atoms with Crippen LogP contribution in [-0.4, -0.2) is 22.4 Å². The van der Waals surface area contributed by atoms with Crippen LogP contribution >= 0.6 is 0 Å². The molecule has 0 saturated heterocycles. The Bertz CT molecular complexity index is 599. The van der Waals surface area contributed by atoms with Crippen molar-refractivity contribution in [3.05, 3.63) is 41.6 Å². The van der Waals surface area contributed by atoms with Crippen molar-refractivity contribution in [3.8, 4) is 17.0 Å². The molecule has 0 amide bonds. The molecule has 19 heavy (non-hydrogen) atoms. The van der Waals surface area contributed by atoms with Crippen LogP contribution in [0.3, 0.4) is 0 Å². The van der Waals surface area contributed by atoms with Gasteiger partial charge in [0.05, 0.1) is 18.4 Å². The van der Waals surface area contributed by atoms with Crippen LogP contribution in [0.25, 0.3) is 11.3 Å². The van der Waals surface area contributed by atoms with Gasteiger partial charge in [-0.2, -0.15) is 0 Å². The van der Waals surface area contributed by atoms with Crippen LogP contribution in [0.2, 0.25) is 0 Å². The van der Waals surface area contributed by atoms with Crippen LogP contribution in [0.15, 0.2) is 30.5 Å². The van der Waals surface area contributed by atoms with E-state index in [-0.39, 0.29) is 6.10 Å². The van der Waals surface area contributed by atoms with Crippen molar-refractivity contribution in [3.63, 3.8) is 0 Å². The Kier molecular flexibility index (Phi) is 3.07. The van der Waals surface area contributed by atoms with Crippen molar-refractivity contribution in [2.45, 2.75) is 32.9 Å². The summed E-state index contributed by atoms with van der Waals surface area (Å²) >= 11 is 0. The molecule has 0 aliphatic heterocycles. The van der Waals surface area contributed by atoms with Crippen LogP contribution in [0.1, 0.15) is 25.0 Å². The number of nitrogens with zero attached hydrogens (tertiary/aromatic N) is 1. The molecule has 1 N–H and O–H groups in total. The first-order chi connectivity index (χ1) is 9.19. The number of aliphatic hydroxyl groups is 1. The third-order valence-corrected chi connectivity index (χ3v) is 3.54. The van der Waals surface area contributed by atoms with Gasteiger partial charge in [-0.15, -0.1) is 0 Å². The minimum Gasteiger partial charge on any atom is -0.494 e. The molecule has 1 aliphatic rings. The highest BCUT2D eigenvalue weighted by Crippen LogP contribution is 2.39. The van der Waals surface area contributed by atoms with Crippen LogP contribution in [-0.2, 0) is 13.0 Å². The number of fused-ring (bicyclic) bond motifs is 3. The first-order valence-electron chi connectivity index (χ1n) is 6.81. The minimum absolute atomic E-state index is 0.337. The molecule has 0 spiro atoms. The molecule has 1 atom stereocenters. The van der Waals surface area contributed by atoms with Gasteiger partial charge in [0.25, 0.3) is 0 Å². The maximum Gasteiger partial charge on any atom is 0.119 e. The van der Waals surface area contributed by atoms with Crippen molar-refractivity contribution in [1.29, 1.82) is 0 Å². The highest BCUT2D eigenvalue weighted by Gasteiger charge is 2.23. The van der Waals surface area contributed by atoms with Crippen molar-refractivity contribution in [2.24, 2.45) is 0 Å². The van der Waals surface area contributed by atoms with Gasteiger partial charge in [0.15, 0.2) is 0 Å².